The molecule has 0 N–H and O–H groups in total. The minimum absolute atomic E-state index is 0.0602. The number of rotatable bonds is 8. The molecule has 0 saturated carbocycles. The van der Waals surface area contributed by atoms with Gasteiger partial charge in [-0.15, -0.1) is 0 Å². The number of carbonyl (C=O) groups is 4. The van der Waals surface area contributed by atoms with Crippen molar-refractivity contribution in [1.29, 1.82) is 0 Å². The molecule has 3 aromatic rings. The molecular weight excluding hydrogens is 440 g/mol. The molecule has 174 valence electrons. The van der Waals surface area contributed by atoms with Crippen LogP contribution in [-0.4, -0.2) is 37.1 Å². The van der Waals surface area contributed by atoms with Crippen LogP contribution in [0.1, 0.15) is 55.3 Å². The molecule has 34 heavy (non-hydrogen) atoms. The van der Waals surface area contributed by atoms with Crippen molar-refractivity contribution in [3.63, 3.8) is 0 Å². The van der Waals surface area contributed by atoms with Gasteiger partial charge in [0.1, 0.15) is 22.6 Å². The van der Waals surface area contributed by atoms with Crippen LogP contribution in [0.2, 0.25) is 0 Å². The highest BCUT2D eigenvalue weighted by Gasteiger charge is 2.19. The molecule has 0 bridgehead atoms. The summed E-state index contributed by atoms with van der Waals surface area (Å²) in [6.07, 6.45) is 0. The quantitative estimate of drug-likeness (QED) is 0.356. The number of hydrogen-bond donors (Lipinski definition) is 0. The first kappa shape index (κ1) is 24.2. The van der Waals surface area contributed by atoms with Crippen molar-refractivity contribution in [2.75, 3.05) is 13.2 Å². The fourth-order valence-electron chi connectivity index (χ4n) is 2.93. The van der Waals surface area contributed by atoms with Crippen LogP contribution in [0.25, 0.3) is 0 Å². The second kappa shape index (κ2) is 11.4. The lowest BCUT2D eigenvalue weighted by molar-refractivity contribution is 0.0507. The van der Waals surface area contributed by atoms with Gasteiger partial charge in [0.2, 0.25) is 0 Å². The lowest BCUT2D eigenvalue weighted by atomic mass is 10.1. The zero-order valence-electron chi connectivity index (χ0n) is 18.6. The van der Waals surface area contributed by atoms with Crippen LogP contribution in [-0.2, 0) is 9.47 Å². The summed E-state index contributed by atoms with van der Waals surface area (Å²) in [5.41, 5.74) is 0.556. The summed E-state index contributed by atoms with van der Waals surface area (Å²) >= 11 is 0. The minimum Gasteiger partial charge on any atom is -0.462 e. The largest absolute Gasteiger partial charge is 0.462 e. The third kappa shape index (κ3) is 5.86. The summed E-state index contributed by atoms with van der Waals surface area (Å²) in [6.45, 7) is 3.72. The van der Waals surface area contributed by atoms with E-state index >= 15 is 0 Å². The van der Waals surface area contributed by atoms with Crippen LogP contribution in [0, 0.1) is 0 Å². The van der Waals surface area contributed by atoms with Gasteiger partial charge in [0.05, 0.1) is 24.3 Å². The molecule has 0 amide bonds. The summed E-state index contributed by atoms with van der Waals surface area (Å²) < 4.78 is 20.7. The summed E-state index contributed by atoms with van der Waals surface area (Å²) in [7, 11) is 0. The van der Waals surface area contributed by atoms with E-state index in [1.54, 1.807) is 38.1 Å². The van der Waals surface area contributed by atoms with Gasteiger partial charge in [0.15, 0.2) is 0 Å². The van der Waals surface area contributed by atoms with Crippen molar-refractivity contribution in [3.8, 4) is 11.5 Å². The molecule has 0 aliphatic carbocycles. The van der Waals surface area contributed by atoms with Crippen LogP contribution in [0.5, 0.6) is 11.5 Å². The van der Waals surface area contributed by atoms with E-state index in [9.17, 15) is 19.2 Å². The van der Waals surface area contributed by atoms with Crippen molar-refractivity contribution < 1.29 is 38.1 Å². The Labute approximate surface area is 196 Å². The number of esters is 4. The highest BCUT2D eigenvalue weighted by molar-refractivity contribution is 5.98. The van der Waals surface area contributed by atoms with E-state index in [-0.39, 0.29) is 47.0 Å². The molecule has 3 aromatic carbocycles. The first-order valence-corrected chi connectivity index (χ1v) is 10.5. The maximum atomic E-state index is 12.6. The average Bonchev–Trinajstić information content (AvgIpc) is 2.85. The molecule has 0 unspecified atom stereocenters. The summed E-state index contributed by atoms with van der Waals surface area (Å²) in [4.78, 5) is 49.2. The van der Waals surface area contributed by atoms with Gasteiger partial charge in [-0.2, -0.15) is 0 Å². The van der Waals surface area contributed by atoms with Crippen LogP contribution < -0.4 is 9.47 Å². The van der Waals surface area contributed by atoms with Crippen LogP contribution in [0.4, 0.5) is 0 Å². The zero-order valence-corrected chi connectivity index (χ0v) is 18.6. The number of carbonyl (C=O) groups excluding carboxylic acids is 4. The molecule has 0 aliphatic rings. The number of benzene rings is 3. The topological polar surface area (TPSA) is 105 Å². The maximum Gasteiger partial charge on any atom is 0.343 e. The Balaban J connectivity index is 1.72. The molecule has 3 rings (SSSR count). The molecular formula is C26H22O8. The van der Waals surface area contributed by atoms with Crippen LogP contribution in [0.3, 0.4) is 0 Å². The number of para-hydroxylation sites is 2. The molecule has 8 nitrogen and oxygen atoms in total. The van der Waals surface area contributed by atoms with Crippen molar-refractivity contribution in [2.24, 2.45) is 0 Å². The Morgan fingerprint density at radius 3 is 1.24 bits per heavy atom. The van der Waals surface area contributed by atoms with Gasteiger partial charge in [-0.25, -0.2) is 19.2 Å². The first-order valence-electron chi connectivity index (χ1n) is 10.5. The Morgan fingerprint density at radius 1 is 0.529 bits per heavy atom. The molecule has 0 radical (unpaired) electrons. The zero-order chi connectivity index (χ0) is 24.5. The van der Waals surface area contributed by atoms with E-state index in [2.05, 4.69) is 0 Å². The maximum absolute atomic E-state index is 12.6. The first-order chi connectivity index (χ1) is 16.4. The van der Waals surface area contributed by atoms with Crippen molar-refractivity contribution in [2.45, 2.75) is 13.8 Å². The van der Waals surface area contributed by atoms with Crippen LogP contribution in [0.15, 0.2) is 72.8 Å². The number of ether oxygens (including phenoxy) is 4. The number of hydrogen-bond acceptors (Lipinski definition) is 8. The third-order valence-electron chi connectivity index (χ3n) is 4.53. The molecule has 0 fully saturated rings. The van der Waals surface area contributed by atoms with Crippen molar-refractivity contribution >= 4 is 23.9 Å². The summed E-state index contributed by atoms with van der Waals surface area (Å²) in [6, 6.07) is 18.0. The predicted octanol–water partition coefficient (Wildman–Crippen LogP) is 4.48. The average molecular weight is 462 g/mol. The van der Waals surface area contributed by atoms with E-state index in [0.717, 1.165) is 0 Å². The lowest BCUT2D eigenvalue weighted by Gasteiger charge is -2.10. The SMILES string of the molecule is CCOC(=O)c1ccccc1OC(=O)c1ccc(C(=O)Oc2ccccc2C(=O)OCC)cc1. The fourth-order valence-corrected chi connectivity index (χ4v) is 2.93. The normalized spacial score (nSPS) is 10.2. The molecule has 8 heteroatoms. The molecule has 0 saturated heterocycles. The summed E-state index contributed by atoms with van der Waals surface area (Å²) in [5, 5.41) is 0. The van der Waals surface area contributed by atoms with Gasteiger partial charge in [-0.05, 0) is 62.4 Å². The van der Waals surface area contributed by atoms with Gasteiger partial charge in [0.25, 0.3) is 0 Å². The van der Waals surface area contributed by atoms with E-state index < -0.39 is 23.9 Å². The molecule has 0 atom stereocenters. The van der Waals surface area contributed by atoms with Gasteiger partial charge in [0, 0.05) is 0 Å². The van der Waals surface area contributed by atoms with Gasteiger partial charge < -0.3 is 18.9 Å². The lowest BCUT2D eigenvalue weighted by Crippen LogP contribution is -2.14. The van der Waals surface area contributed by atoms with Gasteiger partial charge >= 0.3 is 23.9 Å². The van der Waals surface area contributed by atoms with E-state index in [0.29, 0.717) is 0 Å². The predicted molar refractivity (Wildman–Crippen MR) is 121 cm³/mol. The highest BCUT2D eigenvalue weighted by atomic mass is 16.6. The molecule has 0 aromatic heterocycles. The Bertz CT molecular complexity index is 1100. The van der Waals surface area contributed by atoms with Gasteiger partial charge in [-0.1, -0.05) is 24.3 Å². The van der Waals surface area contributed by atoms with E-state index in [4.69, 9.17) is 18.9 Å². The van der Waals surface area contributed by atoms with E-state index in [1.165, 1.54) is 48.5 Å². The van der Waals surface area contributed by atoms with E-state index in [1.807, 2.05) is 0 Å². The van der Waals surface area contributed by atoms with Gasteiger partial charge in [-0.3, -0.25) is 0 Å². The molecule has 0 heterocycles. The minimum atomic E-state index is -0.718. The van der Waals surface area contributed by atoms with Crippen molar-refractivity contribution in [1.82, 2.24) is 0 Å². The Morgan fingerprint density at radius 2 is 0.882 bits per heavy atom. The summed E-state index contributed by atoms with van der Waals surface area (Å²) in [5.74, 6) is -2.53. The third-order valence-corrected chi connectivity index (χ3v) is 4.53. The monoisotopic (exact) mass is 462 g/mol. The van der Waals surface area contributed by atoms with Crippen LogP contribution >= 0.6 is 0 Å². The Kier molecular flexibility index (Phi) is 8.12. The molecule has 0 spiro atoms. The second-order valence-electron chi connectivity index (χ2n) is 6.79. The standard InChI is InChI=1S/C26H22O8/c1-3-31-25(29)19-9-5-7-11-21(19)33-23(27)17-13-15-18(16-14-17)24(28)34-22-12-8-6-10-20(22)26(30)32-4-2/h5-16H,3-4H2,1-2H3. The molecule has 0 aliphatic heterocycles. The highest BCUT2D eigenvalue weighted by Crippen LogP contribution is 2.22. The second-order valence-corrected chi connectivity index (χ2v) is 6.79. The Hall–Kier alpha value is -4.46. The fraction of sp³-hybridized carbons (Fsp3) is 0.154. The smallest absolute Gasteiger partial charge is 0.343 e. The van der Waals surface area contributed by atoms with Crippen molar-refractivity contribution in [3.05, 3.63) is 95.1 Å².